The summed E-state index contributed by atoms with van der Waals surface area (Å²) in [4.78, 5) is 19.5. The fraction of sp³-hybridized carbons (Fsp3) is 0.655. The fourth-order valence-electron chi connectivity index (χ4n) is 3.87. The molecule has 1 aliphatic rings. The number of rotatable bonds is 15. The predicted octanol–water partition coefficient (Wildman–Crippen LogP) is 7.23. The quantitative estimate of drug-likeness (QED) is 0.152. The first-order chi connectivity index (χ1) is 16.6. The van der Waals surface area contributed by atoms with Crippen LogP contribution in [-0.2, 0) is 14.3 Å². The number of methoxy groups -OCH3 is 2. The summed E-state index contributed by atoms with van der Waals surface area (Å²) in [5.41, 5.74) is 0.678. The van der Waals surface area contributed by atoms with Crippen molar-refractivity contribution in [1.82, 2.24) is 0 Å². The number of aldehydes is 2. The lowest BCUT2D eigenvalue weighted by Gasteiger charge is -2.27. The first kappa shape index (κ1) is 32.0. The van der Waals surface area contributed by atoms with E-state index in [4.69, 9.17) is 19.0 Å². The van der Waals surface area contributed by atoms with Crippen LogP contribution in [0.15, 0.2) is 36.9 Å². The molecule has 0 heterocycles. The lowest BCUT2D eigenvalue weighted by molar-refractivity contribution is -0.104. The van der Waals surface area contributed by atoms with Crippen molar-refractivity contribution in [2.45, 2.75) is 90.1 Å². The lowest BCUT2D eigenvalue weighted by Crippen LogP contribution is -2.20. The third-order valence-corrected chi connectivity index (χ3v) is 5.97. The van der Waals surface area contributed by atoms with Gasteiger partial charge in [0.05, 0.1) is 12.7 Å². The van der Waals surface area contributed by atoms with Crippen molar-refractivity contribution in [3.63, 3.8) is 0 Å². The van der Waals surface area contributed by atoms with Crippen molar-refractivity contribution in [3.05, 3.63) is 42.5 Å². The molecule has 2 rings (SSSR count). The SMILES string of the molecule is C=CC=O.CCCCCC1CCC(OC)CC1.COCCCCCCOc1ccc(C=O)cc1. The van der Waals surface area contributed by atoms with Crippen LogP contribution in [0.25, 0.3) is 0 Å². The molecule has 0 bridgehead atoms. The second-order valence-corrected chi connectivity index (χ2v) is 8.69. The summed E-state index contributed by atoms with van der Waals surface area (Å²) in [5, 5.41) is 0. The van der Waals surface area contributed by atoms with Crippen LogP contribution in [0, 0.1) is 5.92 Å². The number of unbranched alkanes of at least 4 members (excludes halogenated alkanes) is 5. The second kappa shape index (κ2) is 24.2. The number of carbonyl (C=O) groups excluding carboxylic acids is 2. The van der Waals surface area contributed by atoms with Crippen molar-refractivity contribution in [3.8, 4) is 5.75 Å². The maximum absolute atomic E-state index is 10.5. The molecule has 0 unspecified atom stereocenters. The Labute approximate surface area is 208 Å². The van der Waals surface area contributed by atoms with Crippen LogP contribution in [0.2, 0.25) is 0 Å². The Balaban J connectivity index is 0.000000567. The van der Waals surface area contributed by atoms with E-state index in [0.29, 0.717) is 18.0 Å². The molecule has 194 valence electrons. The van der Waals surface area contributed by atoms with Crippen LogP contribution >= 0.6 is 0 Å². The van der Waals surface area contributed by atoms with Gasteiger partial charge in [0, 0.05) is 26.4 Å². The largest absolute Gasteiger partial charge is 0.494 e. The van der Waals surface area contributed by atoms with Crippen LogP contribution in [0.3, 0.4) is 0 Å². The Morgan fingerprint density at radius 1 is 0.882 bits per heavy atom. The highest BCUT2D eigenvalue weighted by Crippen LogP contribution is 2.29. The van der Waals surface area contributed by atoms with Gasteiger partial charge in [-0.15, -0.1) is 0 Å². The second-order valence-electron chi connectivity index (χ2n) is 8.69. The molecule has 1 aliphatic carbocycles. The van der Waals surface area contributed by atoms with Gasteiger partial charge in [0.15, 0.2) is 0 Å². The zero-order valence-corrected chi connectivity index (χ0v) is 21.8. The number of carbonyl (C=O) groups is 2. The maximum atomic E-state index is 10.5. The van der Waals surface area contributed by atoms with Gasteiger partial charge in [0.25, 0.3) is 0 Å². The fourth-order valence-corrected chi connectivity index (χ4v) is 3.87. The average molecular weight is 477 g/mol. The lowest BCUT2D eigenvalue weighted by atomic mass is 9.84. The van der Waals surface area contributed by atoms with E-state index >= 15 is 0 Å². The molecule has 1 aromatic rings. The molecule has 1 saturated carbocycles. The van der Waals surface area contributed by atoms with Crippen molar-refractivity contribution < 1.29 is 23.8 Å². The molecule has 0 atom stereocenters. The van der Waals surface area contributed by atoms with E-state index in [9.17, 15) is 4.79 Å². The highest BCUT2D eigenvalue weighted by molar-refractivity contribution is 5.74. The number of ether oxygens (including phenoxy) is 3. The van der Waals surface area contributed by atoms with Crippen molar-refractivity contribution in [1.29, 1.82) is 0 Å². The van der Waals surface area contributed by atoms with Gasteiger partial charge >= 0.3 is 0 Å². The summed E-state index contributed by atoms with van der Waals surface area (Å²) in [5.74, 6) is 1.84. The van der Waals surface area contributed by atoms with E-state index in [-0.39, 0.29) is 0 Å². The summed E-state index contributed by atoms with van der Waals surface area (Å²) < 4.78 is 15.9. The molecule has 5 heteroatoms. The molecule has 0 aromatic heterocycles. The Morgan fingerprint density at radius 3 is 2.00 bits per heavy atom. The van der Waals surface area contributed by atoms with Crippen molar-refractivity contribution in [2.24, 2.45) is 5.92 Å². The molecule has 1 fully saturated rings. The van der Waals surface area contributed by atoms with Crippen LogP contribution < -0.4 is 4.74 Å². The van der Waals surface area contributed by atoms with Crippen molar-refractivity contribution >= 4 is 12.6 Å². The molecule has 34 heavy (non-hydrogen) atoms. The zero-order valence-electron chi connectivity index (χ0n) is 21.8. The molecule has 0 aliphatic heterocycles. The topological polar surface area (TPSA) is 61.8 Å². The first-order valence-electron chi connectivity index (χ1n) is 12.9. The average Bonchev–Trinajstić information content (AvgIpc) is 2.89. The summed E-state index contributed by atoms with van der Waals surface area (Å²) in [6, 6.07) is 7.19. The van der Waals surface area contributed by atoms with Gasteiger partial charge in [-0.2, -0.15) is 0 Å². The molecular weight excluding hydrogens is 428 g/mol. The van der Waals surface area contributed by atoms with E-state index in [2.05, 4.69) is 13.5 Å². The van der Waals surface area contributed by atoms with E-state index in [1.54, 1.807) is 19.2 Å². The highest BCUT2D eigenvalue weighted by atomic mass is 16.5. The van der Waals surface area contributed by atoms with Crippen LogP contribution in [0.5, 0.6) is 5.75 Å². The zero-order chi connectivity index (χ0) is 25.3. The summed E-state index contributed by atoms with van der Waals surface area (Å²) in [7, 11) is 3.58. The summed E-state index contributed by atoms with van der Waals surface area (Å²) in [6.07, 6.45) is 18.8. The third kappa shape index (κ3) is 18.4. The van der Waals surface area contributed by atoms with Gasteiger partial charge in [-0.25, -0.2) is 0 Å². The van der Waals surface area contributed by atoms with Crippen LogP contribution in [0.1, 0.15) is 94.3 Å². The predicted molar refractivity (Wildman–Crippen MR) is 141 cm³/mol. The van der Waals surface area contributed by atoms with Gasteiger partial charge < -0.3 is 14.2 Å². The molecule has 1 aromatic carbocycles. The third-order valence-electron chi connectivity index (χ3n) is 5.97. The Bertz CT molecular complexity index is 582. The number of hydrogen-bond donors (Lipinski definition) is 0. The minimum Gasteiger partial charge on any atom is -0.494 e. The van der Waals surface area contributed by atoms with Crippen LogP contribution in [0.4, 0.5) is 0 Å². The van der Waals surface area contributed by atoms with E-state index < -0.39 is 0 Å². The molecule has 0 amide bonds. The normalized spacial score (nSPS) is 16.8. The van der Waals surface area contributed by atoms with Crippen molar-refractivity contribution in [2.75, 3.05) is 27.4 Å². The Hall–Kier alpha value is -1.98. The number of allylic oxidation sites excluding steroid dienone is 1. The van der Waals surface area contributed by atoms with Gasteiger partial charge in [-0.05, 0) is 81.2 Å². The molecule has 5 nitrogen and oxygen atoms in total. The molecule has 0 N–H and O–H groups in total. The molecule has 0 spiro atoms. The molecule has 0 saturated heterocycles. The summed E-state index contributed by atoms with van der Waals surface area (Å²) >= 11 is 0. The standard InChI is InChI=1S/C14H20O3.C12H24O.C3H4O/c1-16-10-4-2-3-5-11-17-14-8-6-13(12-15)7-9-14;1-3-4-5-6-11-7-9-12(13-2)10-8-11;1-2-3-4/h6-9,12H,2-5,10-11H2,1H3;11-12H,3-10H2,1-2H3;2-3H,1H2. The van der Waals surface area contributed by atoms with Crippen LogP contribution in [-0.4, -0.2) is 46.1 Å². The monoisotopic (exact) mass is 476 g/mol. The van der Waals surface area contributed by atoms with E-state index in [1.807, 2.05) is 19.2 Å². The molecule has 0 radical (unpaired) electrons. The van der Waals surface area contributed by atoms with Gasteiger partial charge in [-0.1, -0.05) is 45.6 Å². The number of hydrogen-bond acceptors (Lipinski definition) is 5. The van der Waals surface area contributed by atoms with E-state index in [0.717, 1.165) is 50.4 Å². The maximum Gasteiger partial charge on any atom is 0.150 e. The highest BCUT2D eigenvalue weighted by Gasteiger charge is 2.19. The number of benzene rings is 1. The minimum atomic E-state index is 0.572. The Morgan fingerprint density at radius 2 is 1.50 bits per heavy atom. The smallest absolute Gasteiger partial charge is 0.150 e. The molecular formula is C29H48O5. The summed E-state index contributed by atoms with van der Waals surface area (Å²) in [6.45, 7) is 6.96. The Kier molecular flexibility index (Phi) is 22.7. The van der Waals surface area contributed by atoms with Gasteiger partial charge in [0.2, 0.25) is 0 Å². The van der Waals surface area contributed by atoms with Gasteiger partial charge in [-0.3, -0.25) is 9.59 Å². The van der Waals surface area contributed by atoms with Gasteiger partial charge in [0.1, 0.15) is 18.3 Å². The van der Waals surface area contributed by atoms with E-state index in [1.165, 1.54) is 63.9 Å². The first-order valence-corrected chi connectivity index (χ1v) is 12.9. The minimum absolute atomic E-state index is 0.572.